The molecular weight excluding hydrogens is 387 g/mol. The highest BCUT2D eigenvalue weighted by Crippen LogP contribution is 2.65. The molecule has 0 aromatic heterocycles. The topological polar surface area (TPSA) is 86.7 Å². The number of nitrogens with one attached hydrogen (secondary N) is 1. The molecule has 2 atom stereocenters. The second-order valence-electron chi connectivity index (χ2n) is 6.17. The first-order valence-electron chi connectivity index (χ1n) is 6.96. The van der Waals surface area contributed by atoms with Crippen LogP contribution in [0.2, 0.25) is 0 Å². The van der Waals surface area contributed by atoms with E-state index in [1.54, 1.807) is 20.8 Å². The molecule has 2 fully saturated rings. The van der Waals surface area contributed by atoms with Crippen LogP contribution in [0.25, 0.3) is 0 Å². The summed E-state index contributed by atoms with van der Waals surface area (Å²) in [7, 11) is 0. The Bertz CT molecular complexity index is 580. The molecular formula is C13H17Cl3N2O4S. The predicted molar refractivity (Wildman–Crippen MR) is 89.6 cm³/mol. The summed E-state index contributed by atoms with van der Waals surface area (Å²) in [5, 5.41) is 12.4. The monoisotopic (exact) mass is 402 g/mol. The number of carbonyl (C=O) groups is 3. The van der Waals surface area contributed by atoms with E-state index >= 15 is 0 Å². The molecule has 2 aliphatic rings. The molecule has 0 spiro atoms. The lowest BCUT2D eigenvalue weighted by molar-refractivity contribution is -0.180. The van der Waals surface area contributed by atoms with Crippen molar-refractivity contribution in [3.05, 3.63) is 0 Å². The number of β-lactam (4-membered cyclic amide) rings is 1. The van der Waals surface area contributed by atoms with Gasteiger partial charge in [-0.2, -0.15) is 0 Å². The number of hydrogen-bond acceptors (Lipinski definition) is 4. The number of fused-ring (bicyclic) bond motifs is 1. The Balaban J connectivity index is 2.55. The van der Waals surface area contributed by atoms with E-state index in [9.17, 15) is 19.5 Å². The van der Waals surface area contributed by atoms with Crippen LogP contribution in [-0.4, -0.2) is 46.9 Å². The lowest BCUT2D eigenvalue weighted by Crippen LogP contribution is -2.77. The molecule has 0 saturated carbocycles. The third-order valence-corrected chi connectivity index (χ3v) is 6.22. The number of amides is 2. The third kappa shape index (κ3) is 2.79. The number of nitrogens with zero attached hydrogens (tertiary/aromatic N) is 1. The van der Waals surface area contributed by atoms with Gasteiger partial charge in [0, 0.05) is 12.8 Å². The number of hydrogen-bond donors (Lipinski definition) is 2. The van der Waals surface area contributed by atoms with Crippen LogP contribution in [0, 0.1) is 0 Å². The number of carboxylic acid groups (broad SMARTS) is 1. The number of carboxylic acids is 1. The van der Waals surface area contributed by atoms with Gasteiger partial charge in [0.1, 0.15) is 4.87 Å². The normalized spacial score (nSPS) is 32.3. The maximum absolute atomic E-state index is 12.2. The molecule has 2 rings (SSSR count). The average Bonchev–Trinajstić information content (AvgIpc) is 2.47. The van der Waals surface area contributed by atoms with Gasteiger partial charge in [-0.1, -0.05) is 41.7 Å². The van der Waals surface area contributed by atoms with Crippen LogP contribution >= 0.6 is 46.6 Å². The van der Waals surface area contributed by atoms with E-state index in [1.165, 1.54) is 16.7 Å². The summed E-state index contributed by atoms with van der Waals surface area (Å²) in [6, 6.07) is 0. The van der Waals surface area contributed by atoms with Crippen LogP contribution in [0.4, 0.5) is 0 Å². The third-order valence-electron chi connectivity index (χ3n) is 4.16. The zero-order chi connectivity index (χ0) is 17.8. The number of rotatable bonds is 4. The number of thioether (sulfide) groups is 1. The Kier molecular flexibility index (Phi) is 4.60. The van der Waals surface area contributed by atoms with E-state index in [2.05, 4.69) is 5.32 Å². The van der Waals surface area contributed by atoms with Crippen LogP contribution in [0.5, 0.6) is 0 Å². The van der Waals surface area contributed by atoms with Gasteiger partial charge in [0.2, 0.25) is 17.5 Å². The summed E-state index contributed by atoms with van der Waals surface area (Å²) in [4.78, 5) is 36.5. The summed E-state index contributed by atoms with van der Waals surface area (Å²) in [5.41, 5.74) is -1.88. The van der Waals surface area contributed by atoms with Gasteiger partial charge in [-0.05, 0) is 13.8 Å². The van der Waals surface area contributed by atoms with Gasteiger partial charge >= 0.3 is 5.97 Å². The van der Waals surface area contributed by atoms with E-state index in [0.29, 0.717) is 0 Å². The molecule has 2 saturated heterocycles. The van der Waals surface area contributed by atoms with Gasteiger partial charge in [-0.25, -0.2) is 4.79 Å². The van der Waals surface area contributed by atoms with E-state index in [-0.39, 0.29) is 19.3 Å². The molecule has 0 bridgehead atoms. The highest BCUT2D eigenvalue weighted by Gasteiger charge is 2.77. The van der Waals surface area contributed by atoms with Crippen molar-refractivity contribution >= 4 is 64.3 Å². The lowest BCUT2D eigenvalue weighted by Gasteiger charge is -2.53. The zero-order valence-electron chi connectivity index (χ0n) is 12.8. The molecule has 23 heavy (non-hydrogen) atoms. The summed E-state index contributed by atoms with van der Waals surface area (Å²) >= 11 is 18.9. The van der Waals surface area contributed by atoms with Gasteiger partial charge in [0.25, 0.3) is 0 Å². The average molecular weight is 404 g/mol. The van der Waals surface area contributed by atoms with Gasteiger partial charge in [0.15, 0.2) is 3.79 Å². The van der Waals surface area contributed by atoms with Crippen molar-refractivity contribution in [3.8, 4) is 0 Å². The van der Waals surface area contributed by atoms with Crippen molar-refractivity contribution in [3.63, 3.8) is 0 Å². The van der Waals surface area contributed by atoms with Crippen molar-refractivity contribution in [2.75, 3.05) is 0 Å². The van der Waals surface area contributed by atoms with Crippen molar-refractivity contribution in [1.29, 1.82) is 0 Å². The molecule has 2 heterocycles. The molecule has 0 radical (unpaired) electrons. The number of carbonyl (C=O) groups excluding carboxylic acids is 2. The minimum atomic E-state index is -1.88. The largest absolute Gasteiger partial charge is 0.478 e. The highest BCUT2D eigenvalue weighted by molar-refractivity contribution is 8.02. The molecule has 130 valence electrons. The predicted octanol–water partition coefficient (Wildman–Crippen LogP) is 2.51. The summed E-state index contributed by atoms with van der Waals surface area (Å²) < 4.78 is -2.66. The SMILES string of the molecule is CCC(=O)NC1(C(=O)O)N2C(=O)C[C@@]2(CC(Cl)(Cl)Cl)SC1(C)C. The van der Waals surface area contributed by atoms with E-state index in [0.717, 1.165) is 0 Å². The van der Waals surface area contributed by atoms with Crippen molar-refractivity contribution in [1.82, 2.24) is 10.2 Å². The smallest absolute Gasteiger partial charge is 0.352 e. The van der Waals surface area contributed by atoms with Crippen molar-refractivity contribution in [2.24, 2.45) is 0 Å². The van der Waals surface area contributed by atoms with Crippen molar-refractivity contribution in [2.45, 2.75) is 59.1 Å². The van der Waals surface area contributed by atoms with Crippen LogP contribution < -0.4 is 5.32 Å². The fraction of sp³-hybridized carbons (Fsp3) is 0.769. The van der Waals surface area contributed by atoms with Crippen molar-refractivity contribution < 1.29 is 19.5 Å². The molecule has 10 heteroatoms. The minimum absolute atomic E-state index is 0.0263. The molecule has 0 aliphatic carbocycles. The van der Waals surface area contributed by atoms with Gasteiger partial charge < -0.3 is 10.4 Å². The van der Waals surface area contributed by atoms with Crippen LogP contribution in [0.15, 0.2) is 0 Å². The molecule has 2 N–H and O–H groups in total. The lowest BCUT2D eigenvalue weighted by atomic mass is 9.85. The van der Waals surface area contributed by atoms with Gasteiger partial charge in [0.05, 0.1) is 11.2 Å². The minimum Gasteiger partial charge on any atom is -0.478 e. The fourth-order valence-electron chi connectivity index (χ4n) is 3.32. The molecule has 0 aromatic carbocycles. The Labute approximate surface area is 153 Å². The molecule has 0 aromatic rings. The van der Waals surface area contributed by atoms with Crippen LogP contribution in [0.3, 0.4) is 0 Å². The van der Waals surface area contributed by atoms with Crippen LogP contribution in [0.1, 0.15) is 40.0 Å². The van der Waals surface area contributed by atoms with E-state index in [1.807, 2.05) is 0 Å². The highest BCUT2D eigenvalue weighted by atomic mass is 35.6. The standard InChI is InChI=1S/C13H17Cl3N2O4S/c1-4-7(19)17-13(9(21)22)10(2,3)23-11(6-12(14,15)16)5-8(20)18(11)13/h4-6H2,1-3H3,(H,17,19)(H,21,22)/t11-,13?/m0/s1. The fourth-order valence-corrected chi connectivity index (χ4v) is 6.36. The first-order chi connectivity index (χ1) is 10.3. The second kappa shape index (κ2) is 5.58. The van der Waals surface area contributed by atoms with Crippen LogP contribution in [-0.2, 0) is 14.4 Å². The van der Waals surface area contributed by atoms with Gasteiger partial charge in [-0.15, -0.1) is 11.8 Å². The molecule has 2 amide bonds. The first-order valence-corrected chi connectivity index (χ1v) is 8.91. The molecule has 1 unspecified atom stereocenters. The Morgan fingerprint density at radius 2 is 1.96 bits per heavy atom. The summed E-state index contributed by atoms with van der Waals surface area (Å²) in [6.07, 6.45) is 0.128. The first kappa shape index (κ1) is 19.0. The maximum atomic E-state index is 12.2. The van der Waals surface area contributed by atoms with E-state index < -0.39 is 36.9 Å². The quantitative estimate of drug-likeness (QED) is 0.556. The second-order valence-corrected chi connectivity index (χ2v) is 10.7. The zero-order valence-corrected chi connectivity index (χ0v) is 15.9. The van der Waals surface area contributed by atoms with E-state index in [4.69, 9.17) is 34.8 Å². The molecule has 6 nitrogen and oxygen atoms in total. The van der Waals surface area contributed by atoms with Gasteiger partial charge in [-0.3, -0.25) is 14.5 Å². The molecule has 2 aliphatic heterocycles. The Morgan fingerprint density at radius 3 is 2.35 bits per heavy atom. The Hall–Kier alpha value is -0.370. The summed E-state index contributed by atoms with van der Waals surface area (Å²) in [6.45, 7) is 4.92. The number of aliphatic carboxylic acids is 1. The number of alkyl halides is 3. The Morgan fingerprint density at radius 1 is 1.39 bits per heavy atom. The summed E-state index contributed by atoms with van der Waals surface area (Å²) in [5.74, 6) is -2.17. The number of halogens is 3. The maximum Gasteiger partial charge on any atom is 0.352 e.